The van der Waals surface area contributed by atoms with Gasteiger partial charge in [0.2, 0.25) is 5.91 Å². The zero-order valence-corrected chi connectivity index (χ0v) is 17.7. The summed E-state index contributed by atoms with van der Waals surface area (Å²) in [7, 11) is 3.04. The van der Waals surface area contributed by atoms with Crippen LogP contribution in [0.2, 0.25) is 0 Å². The minimum absolute atomic E-state index is 0.195. The fourth-order valence-electron chi connectivity index (χ4n) is 3.55. The van der Waals surface area contributed by atoms with Crippen molar-refractivity contribution in [1.82, 2.24) is 15.5 Å². The topological polar surface area (TPSA) is 97.0 Å². The van der Waals surface area contributed by atoms with E-state index in [-0.39, 0.29) is 24.3 Å². The Labute approximate surface area is 181 Å². The summed E-state index contributed by atoms with van der Waals surface area (Å²) in [5.41, 5.74) is 0.973. The zero-order chi connectivity index (χ0) is 22.2. The number of carbonyl (C=O) groups is 3. The molecule has 1 aliphatic heterocycles. The number of rotatable bonds is 8. The normalized spacial score (nSPS) is 15.3. The lowest BCUT2D eigenvalue weighted by atomic mass is 10.1. The van der Waals surface area contributed by atoms with E-state index in [0.717, 1.165) is 6.42 Å². The Hall–Kier alpha value is -3.55. The zero-order valence-electron chi connectivity index (χ0n) is 17.7. The number of ether oxygens (including phenoxy) is 2. The summed E-state index contributed by atoms with van der Waals surface area (Å²) in [5.74, 6) is 0.357. The molecule has 0 spiro atoms. The molecule has 1 fully saturated rings. The van der Waals surface area contributed by atoms with E-state index >= 15 is 0 Å². The van der Waals surface area contributed by atoms with Gasteiger partial charge in [0.1, 0.15) is 17.5 Å². The molecule has 0 aromatic heterocycles. The molecule has 0 unspecified atom stereocenters. The summed E-state index contributed by atoms with van der Waals surface area (Å²) in [6, 6.07) is 13.3. The Morgan fingerprint density at radius 3 is 2.23 bits per heavy atom. The lowest BCUT2D eigenvalue weighted by Gasteiger charge is -2.24. The van der Waals surface area contributed by atoms with E-state index in [0.29, 0.717) is 42.1 Å². The van der Waals surface area contributed by atoms with E-state index in [9.17, 15) is 14.4 Å². The highest BCUT2D eigenvalue weighted by Gasteiger charge is 2.34. The van der Waals surface area contributed by atoms with Crippen LogP contribution in [0.25, 0.3) is 0 Å². The van der Waals surface area contributed by atoms with Crippen molar-refractivity contribution in [2.75, 3.05) is 33.9 Å². The van der Waals surface area contributed by atoms with Gasteiger partial charge in [-0.25, -0.2) is 0 Å². The molecule has 1 heterocycles. The van der Waals surface area contributed by atoms with Crippen molar-refractivity contribution in [3.63, 3.8) is 0 Å². The van der Waals surface area contributed by atoms with Gasteiger partial charge in [-0.1, -0.05) is 18.2 Å². The summed E-state index contributed by atoms with van der Waals surface area (Å²) in [4.78, 5) is 39.4. The summed E-state index contributed by atoms with van der Waals surface area (Å²) < 4.78 is 10.5. The Morgan fingerprint density at radius 1 is 0.935 bits per heavy atom. The molecule has 3 amide bonds. The molecule has 3 rings (SSSR count). The van der Waals surface area contributed by atoms with Crippen LogP contribution in [0.15, 0.2) is 48.5 Å². The van der Waals surface area contributed by atoms with Crippen LogP contribution in [0.3, 0.4) is 0 Å². The standard InChI is InChI=1S/C23H27N3O5/c1-30-18-13-17(14-19(15-18)31-2)23(29)26-12-6-9-20(26)22(28)25-11-10-24-21(27)16-7-4-3-5-8-16/h3-5,7-8,13-15,20H,6,9-12H2,1-2H3,(H,24,27)(H,25,28)/t20-/m0/s1. The lowest BCUT2D eigenvalue weighted by Crippen LogP contribution is -2.47. The number of hydrogen-bond donors (Lipinski definition) is 2. The van der Waals surface area contributed by atoms with Crippen LogP contribution in [-0.4, -0.2) is 62.5 Å². The van der Waals surface area contributed by atoms with Gasteiger partial charge in [-0.3, -0.25) is 14.4 Å². The highest BCUT2D eigenvalue weighted by molar-refractivity contribution is 5.98. The molecule has 164 valence electrons. The van der Waals surface area contributed by atoms with Crippen molar-refractivity contribution in [3.8, 4) is 11.5 Å². The van der Waals surface area contributed by atoms with Crippen molar-refractivity contribution in [1.29, 1.82) is 0 Å². The van der Waals surface area contributed by atoms with Crippen LogP contribution < -0.4 is 20.1 Å². The van der Waals surface area contributed by atoms with Crippen molar-refractivity contribution >= 4 is 17.7 Å². The molecule has 1 aliphatic rings. The van der Waals surface area contributed by atoms with Gasteiger partial charge in [0.25, 0.3) is 11.8 Å². The Kier molecular flexibility index (Phi) is 7.48. The van der Waals surface area contributed by atoms with E-state index in [1.807, 2.05) is 6.07 Å². The molecule has 0 aliphatic carbocycles. The predicted octanol–water partition coefficient (Wildman–Crippen LogP) is 1.85. The molecule has 8 heteroatoms. The van der Waals surface area contributed by atoms with Gasteiger partial charge in [-0.15, -0.1) is 0 Å². The Balaban J connectivity index is 1.55. The highest BCUT2D eigenvalue weighted by Crippen LogP contribution is 2.26. The second-order valence-electron chi connectivity index (χ2n) is 7.17. The monoisotopic (exact) mass is 425 g/mol. The Bertz CT molecular complexity index is 910. The molecular weight excluding hydrogens is 398 g/mol. The highest BCUT2D eigenvalue weighted by atomic mass is 16.5. The number of carbonyl (C=O) groups excluding carboxylic acids is 3. The molecule has 31 heavy (non-hydrogen) atoms. The maximum atomic E-state index is 13.1. The summed E-state index contributed by atoms with van der Waals surface area (Å²) >= 11 is 0. The van der Waals surface area contributed by atoms with E-state index in [4.69, 9.17) is 9.47 Å². The van der Waals surface area contributed by atoms with Crippen LogP contribution in [0, 0.1) is 0 Å². The van der Waals surface area contributed by atoms with Crippen molar-refractivity contribution < 1.29 is 23.9 Å². The van der Waals surface area contributed by atoms with Crippen LogP contribution in [0.1, 0.15) is 33.6 Å². The second-order valence-corrected chi connectivity index (χ2v) is 7.17. The first-order chi connectivity index (χ1) is 15.0. The molecule has 1 saturated heterocycles. The van der Waals surface area contributed by atoms with Gasteiger partial charge < -0.3 is 25.0 Å². The van der Waals surface area contributed by atoms with Gasteiger partial charge >= 0.3 is 0 Å². The molecule has 0 saturated carbocycles. The quantitative estimate of drug-likeness (QED) is 0.630. The minimum Gasteiger partial charge on any atom is -0.497 e. The summed E-state index contributed by atoms with van der Waals surface area (Å²) in [6.45, 7) is 1.08. The molecule has 2 aromatic rings. The van der Waals surface area contributed by atoms with Crippen molar-refractivity contribution in [2.24, 2.45) is 0 Å². The molecule has 2 N–H and O–H groups in total. The average Bonchev–Trinajstić information content (AvgIpc) is 3.31. The molecule has 2 aromatic carbocycles. The smallest absolute Gasteiger partial charge is 0.254 e. The maximum Gasteiger partial charge on any atom is 0.254 e. The van der Waals surface area contributed by atoms with Crippen LogP contribution in [-0.2, 0) is 4.79 Å². The third-order valence-corrected chi connectivity index (χ3v) is 5.16. The summed E-state index contributed by atoms with van der Waals surface area (Å²) in [5, 5.41) is 5.58. The molecule has 0 radical (unpaired) electrons. The predicted molar refractivity (Wildman–Crippen MR) is 115 cm³/mol. The first kappa shape index (κ1) is 22.1. The first-order valence-corrected chi connectivity index (χ1v) is 10.2. The average molecular weight is 425 g/mol. The van der Waals surface area contributed by atoms with Crippen LogP contribution >= 0.6 is 0 Å². The third kappa shape index (κ3) is 5.53. The minimum atomic E-state index is -0.547. The largest absolute Gasteiger partial charge is 0.497 e. The van der Waals surface area contributed by atoms with Gasteiger partial charge in [-0.05, 0) is 37.1 Å². The number of nitrogens with zero attached hydrogens (tertiary/aromatic N) is 1. The number of benzene rings is 2. The maximum absolute atomic E-state index is 13.1. The molecular formula is C23H27N3O5. The van der Waals surface area contributed by atoms with Gasteiger partial charge in [0.05, 0.1) is 14.2 Å². The number of hydrogen-bond acceptors (Lipinski definition) is 5. The fourth-order valence-corrected chi connectivity index (χ4v) is 3.55. The SMILES string of the molecule is COc1cc(OC)cc(C(=O)N2CCC[C@H]2C(=O)NCCNC(=O)c2ccccc2)c1. The fraction of sp³-hybridized carbons (Fsp3) is 0.348. The lowest BCUT2D eigenvalue weighted by molar-refractivity contribution is -0.124. The third-order valence-electron chi connectivity index (χ3n) is 5.16. The van der Waals surface area contributed by atoms with Crippen molar-refractivity contribution in [2.45, 2.75) is 18.9 Å². The molecule has 0 bridgehead atoms. The van der Waals surface area contributed by atoms with Crippen LogP contribution in [0.5, 0.6) is 11.5 Å². The molecule has 8 nitrogen and oxygen atoms in total. The summed E-state index contributed by atoms with van der Waals surface area (Å²) in [6.07, 6.45) is 1.34. The van der Waals surface area contributed by atoms with Crippen LogP contribution in [0.4, 0.5) is 0 Å². The molecule has 1 atom stereocenters. The number of likely N-dealkylation sites (tertiary alicyclic amines) is 1. The number of nitrogens with one attached hydrogen (secondary N) is 2. The van der Waals surface area contributed by atoms with Gasteiger partial charge in [-0.2, -0.15) is 0 Å². The number of amides is 3. The first-order valence-electron chi connectivity index (χ1n) is 10.2. The van der Waals surface area contributed by atoms with E-state index in [1.165, 1.54) is 14.2 Å². The Morgan fingerprint density at radius 2 is 1.58 bits per heavy atom. The second kappa shape index (κ2) is 10.5. The van der Waals surface area contributed by atoms with Gasteiger partial charge in [0, 0.05) is 36.8 Å². The van der Waals surface area contributed by atoms with E-state index in [1.54, 1.807) is 47.4 Å². The van der Waals surface area contributed by atoms with Crippen molar-refractivity contribution in [3.05, 3.63) is 59.7 Å². The van der Waals surface area contributed by atoms with E-state index < -0.39 is 6.04 Å². The van der Waals surface area contributed by atoms with E-state index in [2.05, 4.69) is 10.6 Å². The number of methoxy groups -OCH3 is 2. The van der Waals surface area contributed by atoms with Gasteiger partial charge in [0.15, 0.2) is 0 Å².